The molecule has 1 fully saturated rings. The molecule has 0 aromatic rings. The van der Waals surface area contributed by atoms with Crippen LogP contribution in [0.1, 0.15) is 12.8 Å². The minimum atomic E-state index is -5.86. The summed E-state index contributed by atoms with van der Waals surface area (Å²) in [6.45, 7) is -0.372. The number of halogens is 5. The van der Waals surface area contributed by atoms with Crippen LogP contribution in [0.5, 0.6) is 0 Å². The van der Waals surface area contributed by atoms with Gasteiger partial charge < -0.3 is 10.6 Å². The zero-order valence-electron chi connectivity index (χ0n) is 8.23. The number of nitrogens with zero attached hydrogens (tertiary/aromatic N) is 1. The third-order valence-corrected chi connectivity index (χ3v) is 2.37. The van der Waals surface area contributed by atoms with Crippen LogP contribution < -0.4 is 5.73 Å². The predicted molar refractivity (Wildman–Crippen MR) is 44.8 cm³/mol. The lowest BCUT2D eigenvalue weighted by Crippen LogP contribution is -2.56. The van der Waals surface area contributed by atoms with Crippen LogP contribution in [-0.2, 0) is 4.79 Å². The first kappa shape index (κ1) is 13.1. The lowest BCUT2D eigenvalue weighted by Gasteiger charge is -2.33. The van der Waals surface area contributed by atoms with Gasteiger partial charge in [0, 0.05) is 19.1 Å². The summed E-state index contributed by atoms with van der Waals surface area (Å²) in [5.74, 6) is -7.54. The molecule has 1 rings (SSSR count). The van der Waals surface area contributed by atoms with Gasteiger partial charge in [0.25, 0.3) is 0 Å². The second-order valence-corrected chi connectivity index (χ2v) is 3.73. The van der Waals surface area contributed by atoms with Crippen molar-refractivity contribution < 1.29 is 26.7 Å². The van der Waals surface area contributed by atoms with Gasteiger partial charge >= 0.3 is 18.0 Å². The molecule has 94 valence electrons. The van der Waals surface area contributed by atoms with Crippen molar-refractivity contribution in [1.29, 1.82) is 0 Å². The van der Waals surface area contributed by atoms with Crippen molar-refractivity contribution in [3.05, 3.63) is 0 Å². The number of nitrogens with two attached hydrogens (primary N) is 1. The molecule has 0 unspecified atom stereocenters. The van der Waals surface area contributed by atoms with Gasteiger partial charge in [-0.05, 0) is 12.8 Å². The van der Waals surface area contributed by atoms with Gasteiger partial charge in [-0.15, -0.1) is 0 Å². The molecular weight excluding hydrogens is 235 g/mol. The number of alkyl halides is 5. The van der Waals surface area contributed by atoms with Crippen LogP contribution in [0.4, 0.5) is 22.0 Å². The van der Waals surface area contributed by atoms with Crippen LogP contribution in [0.2, 0.25) is 0 Å². The number of carbonyl (C=O) groups excluding carboxylic acids is 1. The van der Waals surface area contributed by atoms with E-state index >= 15 is 0 Å². The Hall–Kier alpha value is -0.920. The van der Waals surface area contributed by atoms with Crippen LogP contribution in [0.15, 0.2) is 0 Å². The average molecular weight is 246 g/mol. The third-order valence-electron chi connectivity index (χ3n) is 2.37. The molecule has 2 N–H and O–H groups in total. The Kier molecular flexibility index (Phi) is 3.41. The zero-order valence-corrected chi connectivity index (χ0v) is 8.23. The van der Waals surface area contributed by atoms with Gasteiger partial charge in [-0.1, -0.05) is 0 Å². The monoisotopic (exact) mass is 246 g/mol. The quantitative estimate of drug-likeness (QED) is 0.705. The first-order valence-electron chi connectivity index (χ1n) is 4.65. The van der Waals surface area contributed by atoms with Gasteiger partial charge in [-0.2, -0.15) is 22.0 Å². The highest BCUT2D eigenvalue weighted by Gasteiger charge is 2.64. The van der Waals surface area contributed by atoms with Crippen molar-refractivity contribution in [2.75, 3.05) is 13.1 Å². The summed E-state index contributed by atoms with van der Waals surface area (Å²) in [6, 6.07) is -0.540. The van der Waals surface area contributed by atoms with E-state index in [1.54, 1.807) is 0 Å². The summed E-state index contributed by atoms with van der Waals surface area (Å²) in [5, 5.41) is 0. The van der Waals surface area contributed by atoms with Crippen LogP contribution >= 0.6 is 0 Å². The third kappa shape index (κ3) is 2.42. The number of hydrogen-bond donors (Lipinski definition) is 1. The number of likely N-dealkylation sites (tertiary alicyclic amines) is 1. The van der Waals surface area contributed by atoms with E-state index in [-0.39, 0.29) is 13.1 Å². The molecule has 1 heterocycles. The average Bonchev–Trinajstić information content (AvgIpc) is 2.14. The highest BCUT2D eigenvalue weighted by Crippen LogP contribution is 2.37. The van der Waals surface area contributed by atoms with Crippen molar-refractivity contribution in [2.24, 2.45) is 5.73 Å². The van der Waals surface area contributed by atoms with E-state index in [2.05, 4.69) is 0 Å². The van der Waals surface area contributed by atoms with Crippen LogP contribution in [0.25, 0.3) is 0 Å². The zero-order chi connectivity index (χ0) is 12.6. The fourth-order valence-corrected chi connectivity index (χ4v) is 1.51. The Morgan fingerprint density at radius 2 is 1.81 bits per heavy atom. The van der Waals surface area contributed by atoms with Crippen LogP contribution in [0.3, 0.4) is 0 Å². The lowest BCUT2D eigenvalue weighted by atomic mass is 10.1. The molecule has 0 aliphatic carbocycles. The Bertz CT molecular complexity index is 278. The lowest BCUT2D eigenvalue weighted by molar-refractivity contribution is -0.274. The summed E-state index contributed by atoms with van der Waals surface area (Å²) in [6.07, 6.45) is -5.01. The van der Waals surface area contributed by atoms with Crippen molar-refractivity contribution in [1.82, 2.24) is 4.90 Å². The maximum atomic E-state index is 12.7. The van der Waals surface area contributed by atoms with Crippen LogP contribution in [0, 0.1) is 0 Å². The highest BCUT2D eigenvalue weighted by molar-refractivity contribution is 5.84. The van der Waals surface area contributed by atoms with Gasteiger partial charge in [0.05, 0.1) is 0 Å². The van der Waals surface area contributed by atoms with E-state index in [0.717, 1.165) is 0 Å². The smallest absolute Gasteiger partial charge is 0.336 e. The molecule has 0 saturated carbocycles. The maximum Gasteiger partial charge on any atom is 0.463 e. The number of amides is 1. The Balaban J connectivity index is 2.77. The number of hydrogen-bond acceptors (Lipinski definition) is 2. The van der Waals surface area contributed by atoms with E-state index in [1.807, 2.05) is 0 Å². The molecule has 0 spiro atoms. The largest absolute Gasteiger partial charge is 0.463 e. The van der Waals surface area contributed by atoms with E-state index in [4.69, 9.17) is 5.73 Å². The highest BCUT2D eigenvalue weighted by atomic mass is 19.4. The van der Waals surface area contributed by atoms with E-state index in [9.17, 15) is 26.7 Å². The molecule has 1 atom stereocenters. The van der Waals surface area contributed by atoms with Gasteiger partial charge in [0.1, 0.15) is 0 Å². The standard InChI is InChI=1S/C8H11F5N2O/c9-7(10,8(11,12)13)6(16)15-3-1-2-5(14)4-15/h5H,1-4,14H2/t5-/m1/s1. The molecule has 3 nitrogen and oxygen atoms in total. The molecule has 1 saturated heterocycles. The Morgan fingerprint density at radius 1 is 1.25 bits per heavy atom. The van der Waals surface area contributed by atoms with Crippen LogP contribution in [-0.4, -0.2) is 42.0 Å². The van der Waals surface area contributed by atoms with Crippen molar-refractivity contribution in [3.8, 4) is 0 Å². The van der Waals surface area contributed by atoms with Crippen molar-refractivity contribution >= 4 is 5.91 Å². The fraction of sp³-hybridized carbons (Fsp3) is 0.875. The van der Waals surface area contributed by atoms with Crippen molar-refractivity contribution in [2.45, 2.75) is 31.0 Å². The van der Waals surface area contributed by atoms with Gasteiger partial charge in [-0.3, -0.25) is 4.79 Å². The summed E-state index contributed by atoms with van der Waals surface area (Å²) in [4.78, 5) is 11.5. The number of piperidine rings is 1. The van der Waals surface area contributed by atoms with Crippen molar-refractivity contribution in [3.63, 3.8) is 0 Å². The minimum Gasteiger partial charge on any atom is -0.336 e. The molecule has 0 aromatic heterocycles. The van der Waals surface area contributed by atoms with Gasteiger partial charge in [-0.25, -0.2) is 0 Å². The van der Waals surface area contributed by atoms with E-state index in [0.29, 0.717) is 17.7 Å². The summed E-state index contributed by atoms with van der Waals surface area (Å²) >= 11 is 0. The fourth-order valence-electron chi connectivity index (χ4n) is 1.51. The molecule has 0 radical (unpaired) electrons. The second kappa shape index (κ2) is 4.15. The van der Waals surface area contributed by atoms with E-state index < -0.39 is 24.0 Å². The van der Waals surface area contributed by atoms with E-state index in [1.165, 1.54) is 0 Å². The molecular formula is C8H11F5N2O. The summed E-state index contributed by atoms with van der Waals surface area (Å²) in [7, 11) is 0. The molecule has 1 amide bonds. The molecule has 0 bridgehead atoms. The predicted octanol–water partition coefficient (Wildman–Crippen LogP) is 1.13. The number of rotatable bonds is 1. The normalized spacial score (nSPS) is 23.4. The second-order valence-electron chi connectivity index (χ2n) is 3.73. The van der Waals surface area contributed by atoms with Gasteiger partial charge in [0.2, 0.25) is 0 Å². The molecule has 8 heteroatoms. The first-order valence-corrected chi connectivity index (χ1v) is 4.65. The molecule has 1 aliphatic rings. The van der Waals surface area contributed by atoms with Gasteiger partial charge in [0.15, 0.2) is 0 Å². The summed E-state index contributed by atoms with van der Waals surface area (Å²) in [5.41, 5.74) is 5.40. The molecule has 16 heavy (non-hydrogen) atoms. The summed E-state index contributed by atoms with van der Waals surface area (Å²) < 4.78 is 61.1. The number of carbonyl (C=O) groups is 1. The maximum absolute atomic E-state index is 12.7. The molecule has 0 aromatic carbocycles. The molecule has 1 aliphatic heterocycles. The Labute approximate surface area is 88.4 Å². The first-order chi connectivity index (χ1) is 7.16. The SMILES string of the molecule is N[C@@H]1CCCN(C(=O)C(F)(F)C(F)(F)F)C1. The Morgan fingerprint density at radius 3 is 2.25 bits per heavy atom. The minimum absolute atomic E-state index is 0.113. The topological polar surface area (TPSA) is 46.3 Å².